The van der Waals surface area contributed by atoms with Crippen LogP contribution in [0, 0.1) is 0 Å². The molecule has 0 spiro atoms. The van der Waals surface area contributed by atoms with Gasteiger partial charge in [0.15, 0.2) is 0 Å². The van der Waals surface area contributed by atoms with Gasteiger partial charge in [0.25, 0.3) is 0 Å². The number of rotatable bonds is 5. The highest BCUT2D eigenvalue weighted by Crippen LogP contribution is 2.19. The molecule has 0 aliphatic carbocycles. The van der Waals surface area contributed by atoms with Gasteiger partial charge in [-0.1, -0.05) is 30.3 Å². The fourth-order valence-electron chi connectivity index (χ4n) is 3.52. The zero-order valence-electron chi connectivity index (χ0n) is 13.0. The predicted octanol–water partition coefficient (Wildman–Crippen LogP) is 2.98. The van der Waals surface area contributed by atoms with Crippen molar-refractivity contribution in [1.82, 2.24) is 10.2 Å². The summed E-state index contributed by atoms with van der Waals surface area (Å²) in [5.74, 6) is 0. The lowest BCUT2D eigenvalue weighted by atomic mass is 10.1. The van der Waals surface area contributed by atoms with Crippen LogP contribution in [0.5, 0.6) is 0 Å². The summed E-state index contributed by atoms with van der Waals surface area (Å²) in [4.78, 5) is 2.63. The van der Waals surface area contributed by atoms with E-state index in [1.807, 2.05) is 0 Å². The van der Waals surface area contributed by atoms with E-state index in [4.69, 9.17) is 4.74 Å². The lowest BCUT2D eigenvalue weighted by Crippen LogP contribution is -2.32. The normalized spacial score (nSPS) is 27.6. The van der Waals surface area contributed by atoms with E-state index in [0.717, 1.165) is 19.7 Å². The van der Waals surface area contributed by atoms with Crippen molar-refractivity contribution in [2.75, 3.05) is 32.8 Å². The first-order chi connectivity index (χ1) is 10.4. The lowest BCUT2D eigenvalue weighted by Gasteiger charge is -2.25. The number of nitrogens with one attached hydrogen (secondary N) is 1. The van der Waals surface area contributed by atoms with E-state index in [-0.39, 0.29) is 0 Å². The largest absolute Gasteiger partial charge is 0.378 e. The molecule has 3 rings (SSSR count). The number of hydrogen-bond donors (Lipinski definition) is 1. The first-order valence-electron chi connectivity index (χ1n) is 8.54. The Kier molecular flexibility index (Phi) is 5.67. The van der Waals surface area contributed by atoms with Crippen molar-refractivity contribution in [3.8, 4) is 0 Å². The maximum atomic E-state index is 5.73. The number of benzene rings is 1. The van der Waals surface area contributed by atoms with Crippen LogP contribution in [0.1, 0.15) is 43.7 Å². The zero-order chi connectivity index (χ0) is 14.3. The molecule has 0 bridgehead atoms. The zero-order valence-corrected chi connectivity index (χ0v) is 13.0. The quantitative estimate of drug-likeness (QED) is 0.901. The Bertz CT molecular complexity index is 403. The number of nitrogens with zero attached hydrogens (tertiary/aromatic N) is 1. The van der Waals surface area contributed by atoms with Crippen LogP contribution < -0.4 is 5.32 Å². The molecule has 2 aliphatic rings. The van der Waals surface area contributed by atoms with Crippen molar-refractivity contribution in [3.63, 3.8) is 0 Å². The smallest absolute Gasteiger partial charge is 0.0576 e. The van der Waals surface area contributed by atoms with Crippen LogP contribution in [0.15, 0.2) is 30.3 Å². The minimum absolute atomic E-state index is 0.483. The average molecular weight is 288 g/mol. The predicted molar refractivity (Wildman–Crippen MR) is 86.5 cm³/mol. The summed E-state index contributed by atoms with van der Waals surface area (Å²) in [7, 11) is 0. The van der Waals surface area contributed by atoms with Gasteiger partial charge in [0.2, 0.25) is 0 Å². The highest BCUT2D eigenvalue weighted by molar-refractivity contribution is 5.19. The minimum Gasteiger partial charge on any atom is -0.378 e. The van der Waals surface area contributed by atoms with Crippen LogP contribution in [0.2, 0.25) is 0 Å². The second-order valence-electron chi connectivity index (χ2n) is 6.35. The monoisotopic (exact) mass is 288 g/mol. The number of ether oxygens (including phenoxy) is 1. The molecule has 3 heteroatoms. The summed E-state index contributed by atoms with van der Waals surface area (Å²) in [5, 5.41) is 3.69. The molecule has 1 N–H and O–H groups in total. The molecule has 2 aliphatic heterocycles. The average Bonchev–Trinajstić information content (AvgIpc) is 2.93. The van der Waals surface area contributed by atoms with Crippen LogP contribution in [0.25, 0.3) is 0 Å². The lowest BCUT2D eigenvalue weighted by molar-refractivity contribution is 0.0986. The fourth-order valence-corrected chi connectivity index (χ4v) is 3.52. The first-order valence-corrected chi connectivity index (χ1v) is 8.54. The topological polar surface area (TPSA) is 24.5 Å². The van der Waals surface area contributed by atoms with Gasteiger partial charge in [-0.15, -0.1) is 0 Å². The third-order valence-electron chi connectivity index (χ3n) is 4.71. The standard InChI is InChI=1S/C18H28N2O/c1-2-7-16(8-3-1)18-15-20(13-6-11-19-18)12-4-9-17-10-5-14-21-17/h1-3,7-8,17-19H,4-6,9-15H2. The fraction of sp³-hybridized carbons (Fsp3) is 0.667. The molecule has 0 saturated carbocycles. The molecule has 2 saturated heterocycles. The summed E-state index contributed by atoms with van der Waals surface area (Å²) >= 11 is 0. The summed E-state index contributed by atoms with van der Waals surface area (Å²) < 4.78 is 5.73. The van der Waals surface area contributed by atoms with Gasteiger partial charge in [-0.05, 0) is 57.3 Å². The van der Waals surface area contributed by atoms with Crippen molar-refractivity contribution in [2.45, 2.75) is 44.2 Å². The minimum atomic E-state index is 0.483. The van der Waals surface area contributed by atoms with Crippen molar-refractivity contribution in [1.29, 1.82) is 0 Å². The van der Waals surface area contributed by atoms with Crippen LogP contribution >= 0.6 is 0 Å². The third kappa shape index (κ3) is 4.53. The first kappa shape index (κ1) is 15.0. The van der Waals surface area contributed by atoms with E-state index in [0.29, 0.717) is 12.1 Å². The molecule has 1 aromatic carbocycles. The van der Waals surface area contributed by atoms with E-state index in [9.17, 15) is 0 Å². The molecular weight excluding hydrogens is 260 g/mol. The number of hydrogen-bond acceptors (Lipinski definition) is 3. The molecule has 3 nitrogen and oxygen atoms in total. The molecule has 0 radical (unpaired) electrons. The molecule has 1 aromatic rings. The van der Waals surface area contributed by atoms with Crippen molar-refractivity contribution >= 4 is 0 Å². The Balaban J connectivity index is 1.48. The Morgan fingerprint density at radius 3 is 2.90 bits per heavy atom. The third-order valence-corrected chi connectivity index (χ3v) is 4.71. The van der Waals surface area contributed by atoms with Crippen LogP contribution in [0.4, 0.5) is 0 Å². The second kappa shape index (κ2) is 7.92. The van der Waals surface area contributed by atoms with E-state index >= 15 is 0 Å². The molecule has 21 heavy (non-hydrogen) atoms. The van der Waals surface area contributed by atoms with Crippen LogP contribution in [0.3, 0.4) is 0 Å². The maximum Gasteiger partial charge on any atom is 0.0576 e. The van der Waals surface area contributed by atoms with Crippen LogP contribution in [-0.2, 0) is 4.74 Å². The molecule has 2 heterocycles. The van der Waals surface area contributed by atoms with Gasteiger partial charge in [0, 0.05) is 19.2 Å². The Hall–Kier alpha value is -0.900. The van der Waals surface area contributed by atoms with Crippen LogP contribution in [-0.4, -0.2) is 43.8 Å². The highest BCUT2D eigenvalue weighted by Gasteiger charge is 2.20. The van der Waals surface area contributed by atoms with Gasteiger partial charge in [0.05, 0.1) is 6.10 Å². The highest BCUT2D eigenvalue weighted by atomic mass is 16.5. The molecule has 116 valence electrons. The van der Waals surface area contributed by atoms with Crippen molar-refractivity contribution in [3.05, 3.63) is 35.9 Å². The van der Waals surface area contributed by atoms with E-state index in [1.165, 1.54) is 50.8 Å². The molecule has 2 unspecified atom stereocenters. The Morgan fingerprint density at radius 1 is 1.19 bits per heavy atom. The van der Waals surface area contributed by atoms with E-state index in [1.54, 1.807) is 0 Å². The summed E-state index contributed by atoms with van der Waals surface area (Å²) in [6.07, 6.45) is 6.83. The molecule has 2 fully saturated rings. The van der Waals surface area contributed by atoms with Gasteiger partial charge in [0.1, 0.15) is 0 Å². The molecule has 0 amide bonds. The Morgan fingerprint density at radius 2 is 2.10 bits per heavy atom. The SMILES string of the molecule is c1ccc(C2CN(CCCC3CCCO3)CCCN2)cc1. The van der Waals surface area contributed by atoms with Gasteiger partial charge in [-0.2, -0.15) is 0 Å². The van der Waals surface area contributed by atoms with E-state index in [2.05, 4.69) is 40.5 Å². The van der Waals surface area contributed by atoms with Crippen molar-refractivity contribution < 1.29 is 4.74 Å². The van der Waals surface area contributed by atoms with Gasteiger partial charge < -0.3 is 15.0 Å². The second-order valence-corrected chi connectivity index (χ2v) is 6.35. The Labute approximate surface area is 128 Å². The van der Waals surface area contributed by atoms with Gasteiger partial charge >= 0.3 is 0 Å². The maximum absolute atomic E-state index is 5.73. The van der Waals surface area contributed by atoms with Crippen molar-refractivity contribution in [2.24, 2.45) is 0 Å². The molecule has 0 aromatic heterocycles. The summed E-state index contributed by atoms with van der Waals surface area (Å²) in [6, 6.07) is 11.4. The van der Waals surface area contributed by atoms with Gasteiger partial charge in [-0.3, -0.25) is 0 Å². The molecule has 2 atom stereocenters. The summed E-state index contributed by atoms with van der Waals surface area (Å²) in [6.45, 7) is 5.68. The van der Waals surface area contributed by atoms with E-state index < -0.39 is 0 Å². The summed E-state index contributed by atoms with van der Waals surface area (Å²) in [5.41, 5.74) is 1.42. The molecular formula is C18H28N2O. The van der Waals surface area contributed by atoms with Gasteiger partial charge in [-0.25, -0.2) is 0 Å².